The molecular weight excluding hydrogens is 550 g/mol. The molecule has 1 aliphatic rings. The molecular formula is C42H41NO2. The summed E-state index contributed by atoms with van der Waals surface area (Å²) in [7, 11) is 0. The van der Waals surface area contributed by atoms with E-state index < -0.39 is 5.97 Å². The fourth-order valence-electron chi connectivity index (χ4n) is 7.26. The molecule has 6 rings (SSSR count). The van der Waals surface area contributed by atoms with Gasteiger partial charge in [-0.1, -0.05) is 144 Å². The van der Waals surface area contributed by atoms with Crippen molar-refractivity contribution in [1.82, 2.24) is 0 Å². The van der Waals surface area contributed by atoms with Crippen LogP contribution in [0.3, 0.4) is 0 Å². The summed E-state index contributed by atoms with van der Waals surface area (Å²) in [5.41, 5.74) is 6.50. The highest BCUT2D eigenvalue weighted by Gasteiger charge is 2.40. The Balaban J connectivity index is 1.32. The van der Waals surface area contributed by atoms with Crippen LogP contribution in [-0.4, -0.2) is 17.6 Å². The second kappa shape index (κ2) is 11.6. The number of carboxylic acids is 1. The van der Waals surface area contributed by atoms with E-state index in [9.17, 15) is 9.90 Å². The first kappa shape index (κ1) is 30.1. The minimum absolute atomic E-state index is 0.0669. The van der Waals surface area contributed by atoms with Crippen LogP contribution in [0.2, 0.25) is 0 Å². The summed E-state index contributed by atoms with van der Waals surface area (Å²) < 4.78 is 0. The van der Waals surface area contributed by atoms with Crippen molar-refractivity contribution in [1.29, 1.82) is 0 Å². The van der Waals surface area contributed by atoms with Crippen LogP contribution in [-0.2, 0) is 15.6 Å². The maximum atomic E-state index is 11.6. The van der Waals surface area contributed by atoms with E-state index in [1.54, 1.807) is 0 Å². The van der Waals surface area contributed by atoms with Gasteiger partial charge in [0, 0.05) is 28.5 Å². The van der Waals surface area contributed by atoms with E-state index >= 15 is 0 Å². The normalized spacial score (nSPS) is 15.7. The highest BCUT2D eigenvalue weighted by Crippen LogP contribution is 2.50. The van der Waals surface area contributed by atoms with Crippen LogP contribution < -0.4 is 4.90 Å². The Labute approximate surface area is 266 Å². The van der Waals surface area contributed by atoms with Gasteiger partial charge in [0.15, 0.2) is 0 Å². The number of fused-ring (bicyclic) bond motifs is 6. The highest BCUT2D eigenvalue weighted by atomic mass is 16.4. The zero-order valence-corrected chi connectivity index (χ0v) is 26.9. The van der Waals surface area contributed by atoms with E-state index in [1.165, 1.54) is 38.2 Å². The Hall–Kier alpha value is -4.89. The summed E-state index contributed by atoms with van der Waals surface area (Å²) in [6.45, 7) is 16.1. The Morgan fingerprint density at radius 2 is 1.42 bits per heavy atom. The molecule has 0 atom stereocenters. The summed E-state index contributed by atoms with van der Waals surface area (Å²) in [5.74, 6) is -0.796. The van der Waals surface area contributed by atoms with Crippen LogP contribution in [0.5, 0.6) is 0 Å². The molecule has 0 spiro atoms. The number of hydrogen-bond acceptors (Lipinski definition) is 2. The van der Waals surface area contributed by atoms with E-state index in [0.29, 0.717) is 6.54 Å². The lowest BCUT2D eigenvalue weighted by molar-refractivity contribution is -0.136. The molecule has 226 valence electrons. The Kier molecular flexibility index (Phi) is 7.74. The summed E-state index contributed by atoms with van der Waals surface area (Å²) >= 11 is 0. The standard InChI is InChI=1S/C42H41NO2/c1-28(41(3,4)39-29(2)31-18-12-13-20-33(31)34-21-14-15-22-35(34)39)16-8-7-9-23-37-42(5,6)36-25-24-30-17-10-11-19-32(30)40(36)43(37)27-26-38(44)45/h7-25H,1,26-27H2,2-6H3,(H,44,45)/b9-7+,16-8+,37-23-. The Morgan fingerprint density at radius 1 is 0.822 bits per heavy atom. The van der Waals surface area contributed by atoms with Gasteiger partial charge in [-0.25, -0.2) is 0 Å². The Morgan fingerprint density at radius 3 is 2.11 bits per heavy atom. The van der Waals surface area contributed by atoms with Crippen LogP contribution >= 0.6 is 0 Å². The smallest absolute Gasteiger partial charge is 0.305 e. The second-order valence-electron chi connectivity index (χ2n) is 13.1. The first-order valence-corrected chi connectivity index (χ1v) is 15.7. The summed E-state index contributed by atoms with van der Waals surface area (Å²) in [5, 5.41) is 17.0. The van der Waals surface area contributed by atoms with Crippen molar-refractivity contribution in [2.75, 3.05) is 11.4 Å². The van der Waals surface area contributed by atoms with Gasteiger partial charge in [0.1, 0.15) is 0 Å². The van der Waals surface area contributed by atoms with Gasteiger partial charge in [0.2, 0.25) is 0 Å². The van der Waals surface area contributed by atoms with E-state index in [-0.39, 0.29) is 17.3 Å². The van der Waals surface area contributed by atoms with Crippen molar-refractivity contribution in [2.45, 2.75) is 51.9 Å². The minimum atomic E-state index is -0.796. The fraction of sp³-hybridized carbons (Fsp3) is 0.214. The van der Waals surface area contributed by atoms with Gasteiger partial charge >= 0.3 is 5.97 Å². The zero-order chi connectivity index (χ0) is 31.9. The molecule has 0 bridgehead atoms. The zero-order valence-electron chi connectivity index (χ0n) is 26.9. The predicted octanol–water partition coefficient (Wildman–Crippen LogP) is 10.6. The van der Waals surface area contributed by atoms with Gasteiger partial charge in [0.05, 0.1) is 12.1 Å². The quantitative estimate of drug-likeness (QED) is 0.144. The first-order valence-electron chi connectivity index (χ1n) is 15.7. The number of nitrogens with zero attached hydrogens (tertiary/aromatic N) is 1. The molecule has 0 saturated carbocycles. The average Bonchev–Trinajstić information content (AvgIpc) is 3.25. The maximum Gasteiger partial charge on any atom is 0.305 e. The number of carboxylic acid groups (broad SMARTS) is 1. The summed E-state index contributed by atoms with van der Waals surface area (Å²) in [6, 6.07) is 30.0. The van der Waals surface area contributed by atoms with Crippen LogP contribution in [0.4, 0.5) is 5.69 Å². The van der Waals surface area contributed by atoms with E-state index in [4.69, 9.17) is 0 Å². The van der Waals surface area contributed by atoms with Gasteiger partial charge in [0.25, 0.3) is 0 Å². The number of aryl methyl sites for hydroxylation is 1. The molecule has 5 aromatic carbocycles. The van der Waals surface area contributed by atoms with E-state index in [1.807, 2.05) is 18.2 Å². The number of allylic oxidation sites excluding steroid dienone is 7. The summed E-state index contributed by atoms with van der Waals surface area (Å²) in [6.07, 6.45) is 10.5. The molecule has 1 heterocycles. The van der Waals surface area contributed by atoms with Crippen LogP contribution in [0.1, 0.15) is 50.8 Å². The van der Waals surface area contributed by atoms with Gasteiger partial charge in [-0.05, 0) is 62.2 Å². The van der Waals surface area contributed by atoms with Gasteiger partial charge in [-0.2, -0.15) is 0 Å². The molecule has 0 radical (unpaired) electrons. The average molecular weight is 592 g/mol. The number of carbonyl (C=O) groups is 1. The molecule has 1 aliphatic heterocycles. The SMILES string of the molecule is C=C(/C=C/C=C/C=C1\N(CCC(=O)O)c2c(ccc3ccccc23)C1(C)C)C(C)(C)c1c(C)c2ccccc2c2ccccc12. The van der Waals surface area contributed by atoms with Crippen LogP contribution in [0, 0.1) is 6.92 Å². The van der Waals surface area contributed by atoms with Gasteiger partial charge in [-0.3, -0.25) is 4.79 Å². The lowest BCUT2D eigenvalue weighted by Gasteiger charge is -2.31. The van der Waals surface area contributed by atoms with Crippen LogP contribution in [0.15, 0.2) is 133 Å². The van der Waals surface area contributed by atoms with Crippen molar-refractivity contribution >= 4 is 44.0 Å². The van der Waals surface area contributed by atoms with E-state index in [2.05, 4.69) is 143 Å². The molecule has 3 nitrogen and oxygen atoms in total. The van der Waals surface area contributed by atoms with Gasteiger partial charge < -0.3 is 10.0 Å². The predicted molar refractivity (Wildman–Crippen MR) is 191 cm³/mol. The number of anilines is 1. The number of hydrogen-bond donors (Lipinski definition) is 1. The monoisotopic (exact) mass is 591 g/mol. The minimum Gasteiger partial charge on any atom is -0.481 e. The van der Waals surface area contributed by atoms with Gasteiger partial charge in [-0.15, -0.1) is 0 Å². The molecule has 5 aromatic rings. The van der Waals surface area contributed by atoms with Crippen molar-refractivity contribution in [3.8, 4) is 0 Å². The molecule has 0 saturated heterocycles. The third-order valence-electron chi connectivity index (χ3n) is 9.72. The molecule has 45 heavy (non-hydrogen) atoms. The molecule has 0 unspecified atom stereocenters. The van der Waals surface area contributed by atoms with Crippen molar-refractivity contribution in [3.63, 3.8) is 0 Å². The molecule has 3 heteroatoms. The third kappa shape index (κ3) is 5.17. The molecule has 0 aliphatic carbocycles. The molecule has 0 amide bonds. The largest absolute Gasteiger partial charge is 0.481 e. The van der Waals surface area contributed by atoms with Crippen molar-refractivity contribution < 1.29 is 9.90 Å². The van der Waals surface area contributed by atoms with Crippen molar-refractivity contribution in [3.05, 3.63) is 150 Å². The first-order chi connectivity index (χ1) is 21.5. The summed E-state index contributed by atoms with van der Waals surface area (Å²) in [4.78, 5) is 13.8. The van der Waals surface area contributed by atoms with E-state index in [0.717, 1.165) is 27.7 Å². The Bertz CT molecular complexity index is 2070. The highest BCUT2D eigenvalue weighted by molar-refractivity contribution is 6.11. The van der Waals surface area contributed by atoms with Crippen molar-refractivity contribution in [2.24, 2.45) is 0 Å². The van der Waals surface area contributed by atoms with Crippen LogP contribution in [0.25, 0.3) is 32.3 Å². The lowest BCUT2D eigenvalue weighted by atomic mass is 9.73. The molecule has 0 fully saturated rings. The number of benzene rings is 5. The lowest BCUT2D eigenvalue weighted by Crippen LogP contribution is -2.28. The third-order valence-corrected chi connectivity index (χ3v) is 9.72. The fourth-order valence-corrected chi connectivity index (χ4v) is 7.26. The maximum absolute atomic E-state index is 11.6. The molecule has 0 aromatic heterocycles. The molecule has 1 N–H and O–H groups in total. The number of rotatable bonds is 8. The second-order valence-corrected chi connectivity index (χ2v) is 13.1. The topological polar surface area (TPSA) is 40.5 Å². The number of aliphatic carboxylic acids is 1.